The van der Waals surface area contributed by atoms with E-state index in [1.165, 1.54) is 0 Å². The van der Waals surface area contributed by atoms with Crippen LogP contribution in [0, 0.1) is 6.92 Å². The number of piperidine rings is 1. The van der Waals surface area contributed by atoms with Crippen molar-refractivity contribution in [2.75, 3.05) is 25.0 Å². The first-order valence-electron chi connectivity index (χ1n) is 6.02. The van der Waals surface area contributed by atoms with Crippen LogP contribution in [0.5, 0.6) is 0 Å². The maximum absolute atomic E-state index is 10.3. The van der Waals surface area contributed by atoms with Crippen molar-refractivity contribution >= 4 is 17.3 Å². The Labute approximate surface area is 107 Å². The number of hydrogen-bond donors (Lipinski definition) is 3. The summed E-state index contributed by atoms with van der Waals surface area (Å²) < 4.78 is 0. The average Bonchev–Trinajstić information content (AvgIpc) is 2.32. The number of aliphatic hydroxyl groups is 1. The molecule has 4 heteroatoms. The van der Waals surface area contributed by atoms with E-state index in [0.29, 0.717) is 6.54 Å². The normalized spacial score (nSPS) is 19.0. The lowest BCUT2D eigenvalue weighted by molar-refractivity contribution is 0.0232. The molecule has 1 aromatic carbocycles. The molecule has 1 saturated heterocycles. The molecule has 1 heterocycles. The maximum Gasteiger partial charge on any atom is 0.0843 e. The van der Waals surface area contributed by atoms with Crippen LogP contribution in [0.15, 0.2) is 18.2 Å². The van der Waals surface area contributed by atoms with Gasteiger partial charge >= 0.3 is 0 Å². The van der Waals surface area contributed by atoms with Gasteiger partial charge in [0.1, 0.15) is 0 Å². The van der Waals surface area contributed by atoms with Crippen molar-refractivity contribution < 1.29 is 5.11 Å². The number of nitrogens with one attached hydrogen (secondary N) is 2. The molecule has 0 atom stereocenters. The van der Waals surface area contributed by atoms with Crippen LogP contribution in [-0.2, 0) is 0 Å². The van der Waals surface area contributed by atoms with Crippen LogP contribution in [0.2, 0.25) is 5.02 Å². The van der Waals surface area contributed by atoms with Crippen molar-refractivity contribution in [3.8, 4) is 0 Å². The predicted molar refractivity (Wildman–Crippen MR) is 71.7 cm³/mol. The number of rotatable bonds is 3. The van der Waals surface area contributed by atoms with Crippen molar-refractivity contribution in [2.24, 2.45) is 0 Å². The van der Waals surface area contributed by atoms with Crippen LogP contribution in [0.3, 0.4) is 0 Å². The molecule has 17 heavy (non-hydrogen) atoms. The van der Waals surface area contributed by atoms with Gasteiger partial charge in [-0.15, -0.1) is 0 Å². The Hall–Kier alpha value is -0.770. The highest BCUT2D eigenvalue weighted by molar-refractivity contribution is 6.31. The standard InChI is InChI=1S/C13H19ClN2O/c1-10-2-3-11(8-12(10)14)16-9-13(17)4-6-15-7-5-13/h2-3,8,15-17H,4-7,9H2,1H3. The molecule has 0 unspecified atom stereocenters. The van der Waals surface area contributed by atoms with Gasteiger partial charge in [-0.25, -0.2) is 0 Å². The molecule has 0 bridgehead atoms. The second-order valence-electron chi connectivity index (χ2n) is 4.79. The largest absolute Gasteiger partial charge is 0.388 e. The molecule has 1 fully saturated rings. The van der Waals surface area contributed by atoms with E-state index < -0.39 is 5.60 Å². The van der Waals surface area contributed by atoms with E-state index in [1.807, 2.05) is 25.1 Å². The summed E-state index contributed by atoms with van der Waals surface area (Å²) in [6, 6.07) is 5.88. The molecule has 3 nitrogen and oxygen atoms in total. The summed E-state index contributed by atoms with van der Waals surface area (Å²) in [4.78, 5) is 0. The average molecular weight is 255 g/mol. The SMILES string of the molecule is Cc1ccc(NCC2(O)CCNCC2)cc1Cl. The van der Waals surface area contributed by atoms with E-state index in [1.54, 1.807) is 0 Å². The van der Waals surface area contributed by atoms with Gasteiger partial charge in [0, 0.05) is 17.3 Å². The zero-order chi connectivity index (χ0) is 12.3. The minimum Gasteiger partial charge on any atom is -0.388 e. The van der Waals surface area contributed by atoms with Crippen molar-refractivity contribution in [3.63, 3.8) is 0 Å². The predicted octanol–water partition coefficient (Wildman–Crippen LogP) is 2.17. The third-order valence-electron chi connectivity index (χ3n) is 3.33. The Morgan fingerprint density at radius 3 is 2.76 bits per heavy atom. The molecule has 3 N–H and O–H groups in total. The van der Waals surface area contributed by atoms with E-state index in [2.05, 4.69) is 10.6 Å². The first-order valence-corrected chi connectivity index (χ1v) is 6.40. The Balaban J connectivity index is 1.94. The zero-order valence-electron chi connectivity index (χ0n) is 10.1. The Bertz CT molecular complexity index is 389. The van der Waals surface area contributed by atoms with Crippen LogP contribution < -0.4 is 10.6 Å². The number of benzene rings is 1. The molecular formula is C13H19ClN2O. The molecule has 1 aromatic rings. The highest BCUT2D eigenvalue weighted by Gasteiger charge is 2.28. The molecular weight excluding hydrogens is 236 g/mol. The lowest BCUT2D eigenvalue weighted by Crippen LogP contribution is -2.46. The first-order chi connectivity index (χ1) is 8.09. The van der Waals surface area contributed by atoms with E-state index in [-0.39, 0.29) is 0 Å². The van der Waals surface area contributed by atoms with E-state index in [9.17, 15) is 5.11 Å². The molecule has 0 radical (unpaired) electrons. The van der Waals surface area contributed by atoms with Gasteiger partial charge in [0.25, 0.3) is 0 Å². The molecule has 0 saturated carbocycles. The summed E-state index contributed by atoms with van der Waals surface area (Å²) in [7, 11) is 0. The second-order valence-corrected chi connectivity index (χ2v) is 5.20. The highest BCUT2D eigenvalue weighted by Crippen LogP contribution is 2.22. The monoisotopic (exact) mass is 254 g/mol. The molecule has 94 valence electrons. The third kappa shape index (κ3) is 3.35. The molecule has 0 amide bonds. The van der Waals surface area contributed by atoms with Crippen molar-refractivity contribution in [3.05, 3.63) is 28.8 Å². The summed E-state index contributed by atoms with van der Waals surface area (Å²) in [6.45, 7) is 4.32. The van der Waals surface area contributed by atoms with Gasteiger partial charge in [-0.3, -0.25) is 0 Å². The Kier molecular flexibility index (Phi) is 3.92. The van der Waals surface area contributed by atoms with Gasteiger partial charge in [-0.05, 0) is 50.6 Å². The minimum atomic E-state index is -0.595. The van der Waals surface area contributed by atoms with Crippen LogP contribution in [0.1, 0.15) is 18.4 Å². The number of anilines is 1. The lowest BCUT2D eigenvalue weighted by Gasteiger charge is -2.33. The lowest BCUT2D eigenvalue weighted by atomic mass is 9.92. The molecule has 2 rings (SSSR count). The number of halogens is 1. The fourth-order valence-electron chi connectivity index (χ4n) is 2.04. The maximum atomic E-state index is 10.3. The van der Waals surface area contributed by atoms with E-state index >= 15 is 0 Å². The van der Waals surface area contributed by atoms with Gasteiger partial charge in [0.2, 0.25) is 0 Å². The smallest absolute Gasteiger partial charge is 0.0843 e. The quantitative estimate of drug-likeness (QED) is 0.775. The van der Waals surface area contributed by atoms with Crippen molar-refractivity contribution in [1.29, 1.82) is 0 Å². The van der Waals surface area contributed by atoms with Crippen LogP contribution in [0.25, 0.3) is 0 Å². The van der Waals surface area contributed by atoms with E-state index in [0.717, 1.165) is 42.2 Å². The first kappa shape index (κ1) is 12.7. The number of aryl methyl sites for hydroxylation is 1. The van der Waals surface area contributed by atoms with Gasteiger partial charge in [0.05, 0.1) is 5.60 Å². The van der Waals surface area contributed by atoms with Gasteiger partial charge < -0.3 is 15.7 Å². The third-order valence-corrected chi connectivity index (χ3v) is 3.73. The topological polar surface area (TPSA) is 44.3 Å². The Morgan fingerprint density at radius 1 is 1.41 bits per heavy atom. The second kappa shape index (κ2) is 5.25. The molecule has 0 aromatic heterocycles. The van der Waals surface area contributed by atoms with Crippen molar-refractivity contribution in [1.82, 2.24) is 5.32 Å². The highest BCUT2D eigenvalue weighted by atomic mass is 35.5. The fraction of sp³-hybridized carbons (Fsp3) is 0.538. The molecule has 1 aliphatic rings. The Morgan fingerprint density at radius 2 is 2.12 bits per heavy atom. The summed E-state index contributed by atoms with van der Waals surface area (Å²) in [5.74, 6) is 0. The molecule has 1 aliphatic heterocycles. The molecule has 0 aliphatic carbocycles. The summed E-state index contributed by atoms with van der Waals surface area (Å²) in [5.41, 5.74) is 1.44. The summed E-state index contributed by atoms with van der Waals surface area (Å²) in [5, 5.41) is 17.6. The minimum absolute atomic E-state index is 0.577. The van der Waals surface area contributed by atoms with Crippen LogP contribution in [-0.4, -0.2) is 30.3 Å². The van der Waals surface area contributed by atoms with Crippen LogP contribution in [0.4, 0.5) is 5.69 Å². The van der Waals surface area contributed by atoms with Gasteiger partial charge in [-0.2, -0.15) is 0 Å². The zero-order valence-corrected chi connectivity index (χ0v) is 10.8. The van der Waals surface area contributed by atoms with Gasteiger partial charge in [-0.1, -0.05) is 17.7 Å². The van der Waals surface area contributed by atoms with E-state index in [4.69, 9.17) is 11.6 Å². The number of hydrogen-bond acceptors (Lipinski definition) is 3. The molecule has 0 spiro atoms. The fourth-order valence-corrected chi connectivity index (χ4v) is 2.22. The van der Waals surface area contributed by atoms with Crippen LogP contribution >= 0.6 is 11.6 Å². The van der Waals surface area contributed by atoms with Crippen molar-refractivity contribution in [2.45, 2.75) is 25.4 Å². The summed E-state index contributed by atoms with van der Waals surface area (Å²) in [6.07, 6.45) is 1.58. The van der Waals surface area contributed by atoms with Gasteiger partial charge in [0.15, 0.2) is 0 Å². The summed E-state index contributed by atoms with van der Waals surface area (Å²) >= 11 is 6.06.